The Morgan fingerprint density at radius 1 is 0.714 bits per heavy atom. The molecule has 0 radical (unpaired) electrons. The van der Waals surface area contributed by atoms with E-state index in [1.54, 1.807) is 0 Å². The smallest absolute Gasteiger partial charge is 0.250 e. The molecular formula is C53H63N3+2. The van der Waals surface area contributed by atoms with Gasteiger partial charge in [-0.1, -0.05) is 129 Å². The van der Waals surface area contributed by atoms with Gasteiger partial charge in [-0.25, -0.2) is 4.90 Å². The topological polar surface area (TPSA) is 10.1 Å². The standard InChI is InChI=1S/C53H63N3/c1-33(2)36-28-29-44-42(31-36)47-49(52(44,8)9)41-26-18-19-27-46(41)56-50(47)43-32-45(51(5,6)7)39-24-16-17-25-40(39)48(43)53(56)54(37-20-12-10-13-21-37)34(3)30-35(4)55(53)38-22-14-11-15-23-38/h16-19,24-33,37-38H,10-15,20-23H2,1-9H3/q+2. The third-order valence-electron chi connectivity index (χ3n) is 14.9. The Morgan fingerprint density at radius 2 is 1.36 bits per heavy atom. The molecule has 2 saturated carbocycles. The minimum Gasteiger partial charge on any atom is -0.250 e. The van der Waals surface area contributed by atoms with E-state index in [0.717, 1.165) is 0 Å². The summed E-state index contributed by atoms with van der Waals surface area (Å²) in [5, 5.41) is 4.24. The molecule has 1 spiro atoms. The molecule has 3 heteroatoms. The lowest BCUT2D eigenvalue weighted by molar-refractivity contribution is -0.933. The summed E-state index contributed by atoms with van der Waals surface area (Å²) < 4.78 is 5.97. The van der Waals surface area contributed by atoms with Crippen molar-refractivity contribution in [2.24, 2.45) is 0 Å². The second-order valence-corrected chi connectivity index (χ2v) is 20.1. The Hall–Kier alpha value is -4.24. The molecule has 56 heavy (non-hydrogen) atoms. The highest BCUT2D eigenvalue weighted by atomic mass is 15.5. The molecule has 3 heterocycles. The molecule has 0 bridgehead atoms. The van der Waals surface area contributed by atoms with Gasteiger partial charge in [0, 0.05) is 54.4 Å². The summed E-state index contributed by atoms with van der Waals surface area (Å²) in [6.07, 6.45) is 15.4. The highest BCUT2D eigenvalue weighted by Crippen LogP contribution is 2.60. The van der Waals surface area contributed by atoms with Crippen molar-refractivity contribution in [1.82, 2.24) is 4.90 Å². The van der Waals surface area contributed by atoms with Crippen molar-refractivity contribution in [3.63, 3.8) is 0 Å². The van der Waals surface area contributed by atoms with Crippen LogP contribution in [0.25, 0.3) is 44.1 Å². The maximum atomic E-state index is 3.01. The number of benzene rings is 4. The largest absolute Gasteiger partial charge is 0.474 e. The summed E-state index contributed by atoms with van der Waals surface area (Å²) in [7, 11) is 0. The zero-order valence-electron chi connectivity index (χ0n) is 35.7. The number of allylic oxidation sites excluding steroid dienone is 2. The molecule has 2 aliphatic heterocycles. The number of aromatic nitrogens is 1. The molecule has 0 amide bonds. The third kappa shape index (κ3) is 4.81. The molecule has 3 aliphatic carbocycles. The minimum absolute atomic E-state index is 0.0340. The van der Waals surface area contributed by atoms with Crippen LogP contribution in [-0.4, -0.2) is 27.3 Å². The Morgan fingerprint density at radius 3 is 2.04 bits per heavy atom. The van der Waals surface area contributed by atoms with E-state index in [1.165, 1.54) is 147 Å². The molecule has 0 saturated heterocycles. The lowest BCUT2D eigenvalue weighted by atomic mass is 9.78. The van der Waals surface area contributed by atoms with E-state index in [9.17, 15) is 0 Å². The van der Waals surface area contributed by atoms with E-state index in [1.807, 2.05) is 0 Å². The molecule has 288 valence electrons. The van der Waals surface area contributed by atoms with Crippen molar-refractivity contribution < 1.29 is 9.14 Å². The van der Waals surface area contributed by atoms with Crippen molar-refractivity contribution >= 4 is 27.4 Å². The maximum absolute atomic E-state index is 3.01. The summed E-state index contributed by atoms with van der Waals surface area (Å²) in [5.41, 5.74) is 17.2. The zero-order valence-corrected chi connectivity index (χ0v) is 35.7. The van der Waals surface area contributed by atoms with Crippen LogP contribution >= 0.6 is 0 Å². The quantitative estimate of drug-likeness (QED) is 0.167. The Kier molecular flexibility index (Phi) is 8.15. The van der Waals surface area contributed by atoms with E-state index in [2.05, 4.69) is 155 Å². The van der Waals surface area contributed by atoms with Gasteiger partial charge in [0.15, 0.2) is 11.8 Å². The molecule has 0 N–H and O–H groups in total. The Bertz CT molecular complexity index is 2510. The van der Waals surface area contributed by atoms with Gasteiger partial charge in [0.25, 0.3) is 0 Å². The average molecular weight is 742 g/mol. The highest BCUT2D eigenvalue weighted by Gasteiger charge is 2.72. The van der Waals surface area contributed by atoms with Crippen LogP contribution in [0, 0.1) is 0 Å². The lowest BCUT2D eigenvalue weighted by Crippen LogP contribution is -2.75. The first kappa shape index (κ1) is 36.1. The van der Waals surface area contributed by atoms with E-state index in [0.29, 0.717) is 18.0 Å². The van der Waals surface area contributed by atoms with Gasteiger partial charge in [-0.2, -0.15) is 0 Å². The van der Waals surface area contributed by atoms with Crippen LogP contribution in [0.3, 0.4) is 0 Å². The van der Waals surface area contributed by atoms with Gasteiger partial charge < -0.3 is 0 Å². The van der Waals surface area contributed by atoms with Crippen molar-refractivity contribution in [3.8, 4) is 22.4 Å². The summed E-state index contributed by atoms with van der Waals surface area (Å²) in [6, 6.07) is 30.2. The first-order chi connectivity index (χ1) is 26.9. The third-order valence-corrected chi connectivity index (χ3v) is 14.9. The van der Waals surface area contributed by atoms with E-state index < -0.39 is 5.79 Å². The van der Waals surface area contributed by atoms with Crippen LogP contribution in [0.5, 0.6) is 0 Å². The highest BCUT2D eigenvalue weighted by molar-refractivity contribution is 6.04. The molecule has 5 aliphatic rings. The minimum atomic E-state index is -0.565. The van der Waals surface area contributed by atoms with Crippen LogP contribution in [0.15, 0.2) is 84.6 Å². The van der Waals surface area contributed by atoms with Crippen LogP contribution < -0.4 is 4.57 Å². The van der Waals surface area contributed by atoms with Gasteiger partial charge in [-0.05, 0) is 89.3 Å². The number of rotatable bonds is 3. The number of para-hydroxylation sites is 1. The summed E-state index contributed by atoms with van der Waals surface area (Å²) in [4.78, 5) is 3.01. The average Bonchev–Trinajstić information content (AvgIpc) is 3.60. The monoisotopic (exact) mass is 742 g/mol. The fraction of sp³-hybridized carbons (Fsp3) is 0.472. The molecule has 2 fully saturated rings. The van der Waals surface area contributed by atoms with Crippen LogP contribution in [0.1, 0.15) is 160 Å². The predicted molar refractivity (Wildman–Crippen MR) is 235 cm³/mol. The van der Waals surface area contributed by atoms with E-state index in [-0.39, 0.29) is 10.8 Å². The Balaban J connectivity index is 1.49. The maximum Gasteiger partial charge on any atom is 0.474 e. The van der Waals surface area contributed by atoms with Crippen molar-refractivity contribution in [1.29, 1.82) is 0 Å². The molecule has 3 nitrogen and oxygen atoms in total. The SMILES string of the molecule is CC1=CC(C)=[N+](C2CCCCC2)C2(c3c(cc(C(C)(C)C)c4ccccc34)-c3c4c(c5ccccc5[n+]32)C(C)(C)c2ccc(C(C)C)cc2-4)N1C1CCCCC1. The van der Waals surface area contributed by atoms with Gasteiger partial charge >= 0.3 is 5.79 Å². The summed E-state index contributed by atoms with van der Waals surface area (Å²) in [6.45, 7) is 21.9. The lowest BCUT2D eigenvalue weighted by Gasteiger charge is -2.46. The first-order valence-corrected chi connectivity index (χ1v) is 22.2. The van der Waals surface area contributed by atoms with Crippen LogP contribution in [-0.2, 0) is 16.6 Å². The number of hydrogen-bond donors (Lipinski definition) is 0. The second-order valence-electron chi connectivity index (χ2n) is 20.1. The first-order valence-electron chi connectivity index (χ1n) is 22.2. The number of pyridine rings is 1. The van der Waals surface area contributed by atoms with Gasteiger partial charge in [0.1, 0.15) is 5.56 Å². The zero-order chi connectivity index (χ0) is 38.9. The molecule has 1 unspecified atom stereocenters. The van der Waals surface area contributed by atoms with E-state index >= 15 is 0 Å². The normalized spacial score (nSPS) is 22.2. The molecule has 10 rings (SSSR count). The van der Waals surface area contributed by atoms with Crippen molar-refractivity contribution in [2.45, 2.75) is 161 Å². The summed E-state index contributed by atoms with van der Waals surface area (Å²) >= 11 is 0. The van der Waals surface area contributed by atoms with Gasteiger partial charge in [-0.15, -0.1) is 9.14 Å². The fourth-order valence-corrected chi connectivity index (χ4v) is 12.6. The number of hydrogen-bond acceptors (Lipinski definition) is 1. The summed E-state index contributed by atoms with van der Waals surface area (Å²) in [5.74, 6) is -0.110. The van der Waals surface area contributed by atoms with Crippen LogP contribution in [0.4, 0.5) is 0 Å². The van der Waals surface area contributed by atoms with Crippen molar-refractivity contribution in [3.05, 3.63) is 112 Å². The van der Waals surface area contributed by atoms with Gasteiger partial charge in [0.2, 0.25) is 11.2 Å². The number of fused-ring (bicyclic) bond motifs is 14. The fourth-order valence-electron chi connectivity index (χ4n) is 12.6. The van der Waals surface area contributed by atoms with Crippen molar-refractivity contribution in [2.75, 3.05) is 0 Å². The van der Waals surface area contributed by atoms with Gasteiger partial charge in [-0.3, -0.25) is 0 Å². The molecule has 4 aromatic carbocycles. The molecule has 1 atom stereocenters. The van der Waals surface area contributed by atoms with Gasteiger partial charge in [0.05, 0.1) is 16.5 Å². The molecule has 1 aromatic heterocycles. The Labute approximate surface area is 336 Å². The van der Waals surface area contributed by atoms with Crippen LogP contribution in [0.2, 0.25) is 0 Å². The second kappa shape index (κ2) is 12.6. The van der Waals surface area contributed by atoms with E-state index in [4.69, 9.17) is 0 Å². The predicted octanol–water partition coefficient (Wildman–Crippen LogP) is 13.0. The molecule has 5 aromatic rings. The number of nitrogens with zero attached hydrogens (tertiary/aromatic N) is 3. The molecular weight excluding hydrogens is 679 g/mol.